The van der Waals surface area contributed by atoms with Crippen LogP contribution in [0.1, 0.15) is 22.3 Å². The Bertz CT molecular complexity index is 835. The molecule has 0 atom stereocenters. The molecule has 1 amide bonds. The molecule has 1 heterocycles. The van der Waals surface area contributed by atoms with Crippen molar-refractivity contribution in [3.05, 3.63) is 53.6 Å². The van der Waals surface area contributed by atoms with E-state index in [-0.39, 0.29) is 6.61 Å². The van der Waals surface area contributed by atoms with Gasteiger partial charge in [-0.2, -0.15) is 0 Å². The molecule has 1 aliphatic heterocycles. The number of hydrogen-bond acceptors (Lipinski definition) is 6. The number of carbonyl (C=O) groups excluding carboxylic acids is 2. The zero-order chi connectivity index (χ0) is 19.8. The summed E-state index contributed by atoms with van der Waals surface area (Å²) in [6.07, 6.45) is 0.780. The van der Waals surface area contributed by atoms with Crippen LogP contribution in [-0.4, -0.2) is 44.8 Å². The molecule has 0 aromatic heterocycles. The first-order chi connectivity index (χ1) is 13.6. The van der Waals surface area contributed by atoms with E-state index in [0.29, 0.717) is 43.4 Å². The van der Waals surface area contributed by atoms with Crippen molar-refractivity contribution < 1.29 is 28.5 Å². The van der Waals surface area contributed by atoms with Gasteiger partial charge in [-0.1, -0.05) is 12.1 Å². The van der Waals surface area contributed by atoms with Crippen molar-refractivity contribution in [1.82, 2.24) is 5.32 Å². The normalized spacial score (nSPS) is 12.6. The molecular weight excluding hydrogens is 362 g/mol. The van der Waals surface area contributed by atoms with Gasteiger partial charge in [0.1, 0.15) is 12.4 Å². The van der Waals surface area contributed by atoms with Crippen LogP contribution >= 0.6 is 0 Å². The summed E-state index contributed by atoms with van der Waals surface area (Å²) in [6, 6.07) is 12.5. The minimum atomic E-state index is -0.596. The Balaban J connectivity index is 1.39. The molecule has 0 aliphatic carbocycles. The third-order valence-corrected chi connectivity index (χ3v) is 4.00. The number of ether oxygens (including phenoxy) is 4. The monoisotopic (exact) mass is 385 g/mol. The largest absolute Gasteiger partial charge is 0.492 e. The molecule has 2 aromatic carbocycles. The number of amides is 1. The highest BCUT2D eigenvalue weighted by Crippen LogP contribution is 2.30. The van der Waals surface area contributed by atoms with E-state index < -0.39 is 11.9 Å². The van der Waals surface area contributed by atoms with Crippen molar-refractivity contribution in [2.45, 2.75) is 13.3 Å². The average Bonchev–Trinajstić information content (AvgIpc) is 2.94. The summed E-state index contributed by atoms with van der Waals surface area (Å²) in [6.45, 7) is 3.35. The van der Waals surface area contributed by atoms with E-state index in [2.05, 4.69) is 5.32 Å². The van der Waals surface area contributed by atoms with Crippen molar-refractivity contribution in [2.24, 2.45) is 0 Å². The summed E-state index contributed by atoms with van der Waals surface area (Å²) in [4.78, 5) is 24.0. The van der Waals surface area contributed by atoms with Crippen molar-refractivity contribution in [2.75, 3.05) is 33.0 Å². The Kier molecular flexibility index (Phi) is 6.73. The van der Waals surface area contributed by atoms with E-state index in [4.69, 9.17) is 18.9 Å². The SMILES string of the molecule is Cc1cccc(OCCNC(=O)COC(=O)c2ccc3c(c2)OCCCO3)c1. The Labute approximate surface area is 163 Å². The molecule has 0 radical (unpaired) electrons. The van der Waals surface area contributed by atoms with Crippen molar-refractivity contribution in [1.29, 1.82) is 0 Å². The van der Waals surface area contributed by atoms with Gasteiger partial charge in [0.15, 0.2) is 18.1 Å². The molecule has 1 aliphatic rings. The van der Waals surface area contributed by atoms with E-state index in [1.165, 1.54) is 0 Å². The van der Waals surface area contributed by atoms with Crippen molar-refractivity contribution >= 4 is 11.9 Å². The number of nitrogens with one attached hydrogen (secondary N) is 1. The molecule has 1 N–H and O–H groups in total. The molecule has 2 aromatic rings. The topological polar surface area (TPSA) is 83.1 Å². The summed E-state index contributed by atoms with van der Waals surface area (Å²) >= 11 is 0. The summed E-state index contributed by atoms with van der Waals surface area (Å²) in [7, 11) is 0. The highest BCUT2D eigenvalue weighted by molar-refractivity contribution is 5.92. The number of benzene rings is 2. The number of esters is 1. The number of hydrogen-bond donors (Lipinski definition) is 1. The first-order valence-corrected chi connectivity index (χ1v) is 9.15. The maximum atomic E-state index is 12.1. The molecule has 0 fully saturated rings. The van der Waals surface area contributed by atoms with Gasteiger partial charge in [-0.3, -0.25) is 4.79 Å². The lowest BCUT2D eigenvalue weighted by molar-refractivity contribution is -0.124. The maximum absolute atomic E-state index is 12.1. The minimum Gasteiger partial charge on any atom is -0.492 e. The van der Waals surface area contributed by atoms with Gasteiger partial charge >= 0.3 is 5.97 Å². The molecule has 0 spiro atoms. The molecule has 7 nitrogen and oxygen atoms in total. The Hall–Kier alpha value is -3.22. The summed E-state index contributed by atoms with van der Waals surface area (Å²) in [5.41, 5.74) is 1.41. The third kappa shape index (κ3) is 5.64. The Morgan fingerprint density at radius 2 is 1.89 bits per heavy atom. The van der Waals surface area contributed by atoms with Crippen LogP contribution in [-0.2, 0) is 9.53 Å². The zero-order valence-corrected chi connectivity index (χ0v) is 15.7. The van der Waals surface area contributed by atoms with Gasteiger partial charge in [0.05, 0.1) is 25.3 Å². The molecule has 3 rings (SSSR count). The van der Waals surface area contributed by atoms with Crippen LogP contribution < -0.4 is 19.5 Å². The van der Waals surface area contributed by atoms with Gasteiger partial charge < -0.3 is 24.3 Å². The van der Waals surface area contributed by atoms with E-state index in [1.807, 2.05) is 31.2 Å². The Morgan fingerprint density at radius 3 is 2.71 bits per heavy atom. The predicted molar refractivity (Wildman–Crippen MR) is 102 cm³/mol. The quantitative estimate of drug-likeness (QED) is 0.583. The first-order valence-electron chi connectivity index (χ1n) is 9.15. The third-order valence-electron chi connectivity index (χ3n) is 4.00. The molecule has 28 heavy (non-hydrogen) atoms. The number of rotatable bonds is 7. The second-order valence-corrected chi connectivity index (χ2v) is 6.30. The first kappa shape index (κ1) is 19.5. The molecule has 0 unspecified atom stereocenters. The van der Waals surface area contributed by atoms with Gasteiger partial charge in [-0.15, -0.1) is 0 Å². The Morgan fingerprint density at radius 1 is 1.07 bits per heavy atom. The van der Waals surface area contributed by atoms with Crippen LogP contribution in [0.5, 0.6) is 17.2 Å². The van der Waals surface area contributed by atoms with Crippen LogP contribution in [0.2, 0.25) is 0 Å². The number of carbonyl (C=O) groups is 2. The predicted octanol–water partition coefficient (Wildman–Crippen LogP) is 2.51. The van der Waals surface area contributed by atoms with Crippen LogP contribution in [0.15, 0.2) is 42.5 Å². The van der Waals surface area contributed by atoms with Crippen LogP contribution in [0.3, 0.4) is 0 Å². The van der Waals surface area contributed by atoms with Gasteiger partial charge in [0.2, 0.25) is 0 Å². The van der Waals surface area contributed by atoms with Crippen LogP contribution in [0.4, 0.5) is 0 Å². The fourth-order valence-corrected chi connectivity index (χ4v) is 2.62. The van der Waals surface area contributed by atoms with Gasteiger partial charge in [0.25, 0.3) is 5.91 Å². The fourth-order valence-electron chi connectivity index (χ4n) is 2.62. The zero-order valence-electron chi connectivity index (χ0n) is 15.7. The van der Waals surface area contributed by atoms with Gasteiger partial charge in [0, 0.05) is 6.42 Å². The van der Waals surface area contributed by atoms with Gasteiger partial charge in [-0.25, -0.2) is 4.79 Å². The average molecular weight is 385 g/mol. The van der Waals surface area contributed by atoms with Crippen LogP contribution in [0, 0.1) is 6.92 Å². The fraction of sp³-hybridized carbons (Fsp3) is 0.333. The number of aryl methyl sites for hydroxylation is 1. The summed E-state index contributed by atoms with van der Waals surface area (Å²) in [5.74, 6) is 0.859. The summed E-state index contributed by atoms with van der Waals surface area (Å²) in [5, 5.41) is 2.65. The lowest BCUT2D eigenvalue weighted by atomic mass is 10.2. The van der Waals surface area contributed by atoms with E-state index >= 15 is 0 Å². The number of fused-ring (bicyclic) bond motifs is 1. The maximum Gasteiger partial charge on any atom is 0.338 e. The molecule has 0 saturated heterocycles. The second kappa shape index (κ2) is 9.64. The molecule has 0 saturated carbocycles. The van der Waals surface area contributed by atoms with E-state index in [0.717, 1.165) is 17.7 Å². The minimum absolute atomic E-state index is 0.305. The van der Waals surface area contributed by atoms with E-state index in [1.54, 1.807) is 18.2 Å². The molecule has 7 heteroatoms. The lowest BCUT2D eigenvalue weighted by Gasteiger charge is -2.10. The standard InChI is InChI=1S/C21H23NO6/c1-15-4-2-5-17(12-15)25-11-8-22-20(23)14-28-21(24)16-6-7-18-19(13-16)27-10-3-9-26-18/h2,4-7,12-13H,3,8-11,14H2,1H3,(H,22,23). The molecular formula is C21H23NO6. The molecule has 148 valence electrons. The molecule has 0 bridgehead atoms. The van der Waals surface area contributed by atoms with Gasteiger partial charge in [-0.05, 0) is 42.8 Å². The highest BCUT2D eigenvalue weighted by atomic mass is 16.5. The highest BCUT2D eigenvalue weighted by Gasteiger charge is 2.16. The lowest BCUT2D eigenvalue weighted by Crippen LogP contribution is -2.32. The van der Waals surface area contributed by atoms with Crippen molar-refractivity contribution in [3.8, 4) is 17.2 Å². The van der Waals surface area contributed by atoms with Crippen LogP contribution in [0.25, 0.3) is 0 Å². The van der Waals surface area contributed by atoms with Crippen molar-refractivity contribution in [3.63, 3.8) is 0 Å². The van der Waals surface area contributed by atoms with E-state index in [9.17, 15) is 9.59 Å². The summed E-state index contributed by atoms with van der Waals surface area (Å²) < 4.78 is 21.7. The smallest absolute Gasteiger partial charge is 0.338 e. The second-order valence-electron chi connectivity index (χ2n) is 6.30.